The maximum absolute atomic E-state index is 5.45. The van der Waals surface area contributed by atoms with Crippen LogP contribution in [0.3, 0.4) is 0 Å². The fourth-order valence-electron chi connectivity index (χ4n) is 1.86. The Balaban J connectivity index is 2.20. The van der Waals surface area contributed by atoms with Crippen molar-refractivity contribution in [3.05, 3.63) is 12.4 Å². The monoisotopic (exact) mass is 223 g/mol. The zero-order valence-electron chi connectivity index (χ0n) is 9.39. The molecule has 1 saturated heterocycles. The molecule has 0 aromatic carbocycles. The molecule has 0 bridgehead atoms. The number of nitrogens with zero attached hydrogens (tertiary/aromatic N) is 3. The van der Waals surface area contributed by atoms with Gasteiger partial charge in [0.2, 0.25) is 0 Å². The van der Waals surface area contributed by atoms with Gasteiger partial charge in [0.25, 0.3) is 0 Å². The lowest BCUT2D eigenvalue weighted by Crippen LogP contribution is -2.45. The summed E-state index contributed by atoms with van der Waals surface area (Å²) in [6.07, 6.45) is 4.39. The molecule has 1 aromatic heterocycles. The van der Waals surface area contributed by atoms with Gasteiger partial charge < -0.3 is 15.1 Å². The summed E-state index contributed by atoms with van der Waals surface area (Å²) in [7, 11) is 0. The van der Waals surface area contributed by atoms with E-state index in [9.17, 15) is 0 Å². The van der Waals surface area contributed by atoms with E-state index in [-0.39, 0.29) is 0 Å². The minimum absolute atomic E-state index is 0.371. The molecule has 0 amide bonds. The molecule has 3 N–H and O–H groups in total. The topological polar surface area (TPSA) is 76.3 Å². The fraction of sp³-hybridized carbons (Fsp3) is 0.600. The molecule has 88 valence electrons. The van der Waals surface area contributed by atoms with E-state index < -0.39 is 0 Å². The molecule has 1 aromatic rings. The highest BCUT2D eigenvalue weighted by atomic mass is 16.5. The highest BCUT2D eigenvalue weighted by Crippen LogP contribution is 2.19. The second kappa shape index (κ2) is 5.09. The summed E-state index contributed by atoms with van der Waals surface area (Å²) < 4.78 is 5.45. The van der Waals surface area contributed by atoms with Crippen LogP contribution in [-0.2, 0) is 4.74 Å². The SMILES string of the molecule is CCC1COCCN1c1cncc(NN)n1. The average molecular weight is 223 g/mol. The third-order valence-corrected chi connectivity index (χ3v) is 2.76. The highest BCUT2D eigenvalue weighted by Gasteiger charge is 2.22. The quantitative estimate of drug-likeness (QED) is 0.570. The molecule has 1 aliphatic rings. The summed E-state index contributed by atoms with van der Waals surface area (Å²) in [5.74, 6) is 6.75. The smallest absolute Gasteiger partial charge is 0.160 e. The Morgan fingerprint density at radius 2 is 2.50 bits per heavy atom. The first-order chi connectivity index (χ1) is 7.85. The zero-order chi connectivity index (χ0) is 11.4. The number of hydrazine groups is 1. The second-order valence-corrected chi connectivity index (χ2v) is 3.74. The predicted molar refractivity (Wildman–Crippen MR) is 62.1 cm³/mol. The number of nitrogens with one attached hydrogen (secondary N) is 1. The van der Waals surface area contributed by atoms with Crippen molar-refractivity contribution in [3.8, 4) is 0 Å². The van der Waals surface area contributed by atoms with Crippen LogP contribution in [0.5, 0.6) is 0 Å². The van der Waals surface area contributed by atoms with Crippen molar-refractivity contribution in [2.45, 2.75) is 19.4 Å². The summed E-state index contributed by atoms with van der Waals surface area (Å²) in [6.45, 7) is 4.48. The number of anilines is 2. The Morgan fingerprint density at radius 3 is 3.25 bits per heavy atom. The van der Waals surface area contributed by atoms with Gasteiger partial charge in [0.1, 0.15) is 5.82 Å². The van der Waals surface area contributed by atoms with Crippen LogP contribution in [0.2, 0.25) is 0 Å². The summed E-state index contributed by atoms with van der Waals surface area (Å²) in [5, 5.41) is 0. The number of ether oxygens (including phenoxy) is 1. The van der Waals surface area contributed by atoms with E-state index >= 15 is 0 Å². The van der Waals surface area contributed by atoms with Crippen LogP contribution in [0.25, 0.3) is 0 Å². The van der Waals surface area contributed by atoms with Crippen molar-refractivity contribution in [2.75, 3.05) is 30.1 Å². The van der Waals surface area contributed by atoms with Gasteiger partial charge in [0.05, 0.1) is 31.6 Å². The third kappa shape index (κ3) is 2.23. The molecule has 6 nitrogen and oxygen atoms in total. The third-order valence-electron chi connectivity index (χ3n) is 2.76. The first-order valence-corrected chi connectivity index (χ1v) is 5.48. The summed E-state index contributed by atoms with van der Waals surface area (Å²) in [4.78, 5) is 10.7. The molecule has 0 saturated carbocycles. The fourth-order valence-corrected chi connectivity index (χ4v) is 1.86. The average Bonchev–Trinajstić information content (AvgIpc) is 2.38. The van der Waals surface area contributed by atoms with Crippen LogP contribution >= 0.6 is 0 Å². The van der Waals surface area contributed by atoms with Crippen molar-refractivity contribution in [3.63, 3.8) is 0 Å². The van der Waals surface area contributed by atoms with E-state index in [1.54, 1.807) is 12.4 Å². The van der Waals surface area contributed by atoms with E-state index in [1.165, 1.54) is 0 Å². The number of rotatable bonds is 3. The van der Waals surface area contributed by atoms with Crippen molar-refractivity contribution in [1.29, 1.82) is 0 Å². The molecule has 6 heteroatoms. The van der Waals surface area contributed by atoms with Gasteiger partial charge in [-0.25, -0.2) is 10.8 Å². The second-order valence-electron chi connectivity index (χ2n) is 3.74. The largest absolute Gasteiger partial charge is 0.377 e. The molecule has 1 atom stereocenters. The van der Waals surface area contributed by atoms with E-state index in [1.807, 2.05) is 0 Å². The van der Waals surface area contributed by atoms with Gasteiger partial charge >= 0.3 is 0 Å². The molecule has 0 radical (unpaired) electrons. The van der Waals surface area contributed by atoms with Crippen LogP contribution in [0.4, 0.5) is 11.6 Å². The Labute approximate surface area is 94.8 Å². The Bertz CT molecular complexity index is 346. The van der Waals surface area contributed by atoms with E-state index in [0.717, 1.165) is 32.0 Å². The van der Waals surface area contributed by atoms with Gasteiger partial charge in [-0.15, -0.1) is 0 Å². The Hall–Kier alpha value is -1.40. The first-order valence-electron chi connectivity index (χ1n) is 5.48. The molecular weight excluding hydrogens is 206 g/mol. The van der Waals surface area contributed by atoms with E-state index in [0.29, 0.717) is 11.9 Å². The number of nitrogen functional groups attached to an aromatic ring is 1. The summed E-state index contributed by atoms with van der Waals surface area (Å²) in [6, 6.07) is 0.371. The van der Waals surface area contributed by atoms with Crippen LogP contribution in [0.15, 0.2) is 12.4 Å². The van der Waals surface area contributed by atoms with Crippen LogP contribution in [0.1, 0.15) is 13.3 Å². The standard InChI is InChI=1S/C10H17N5O/c1-2-8-7-16-4-3-15(8)10-6-12-5-9(13-10)14-11/h5-6,8H,2-4,7,11H2,1H3,(H,13,14). The molecular formula is C10H17N5O. The minimum atomic E-state index is 0.371. The van der Waals surface area contributed by atoms with Gasteiger partial charge in [-0.2, -0.15) is 0 Å². The van der Waals surface area contributed by atoms with Crippen molar-refractivity contribution < 1.29 is 4.74 Å². The molecule has 1 unspecified atom stereocenters. The lowest BCUT2D eigenvalue weighted by molar-refractivity contribution is 0.0925. The molecule has 2 heterocycles. The van der Waals surface area contributed by atoms with Gasteiger partial charge in [-0.05, 0) is 6.42 Å². The van der Waals surface area contributed by atoms with Crippen molar-refractivity contribution in [2.24, 2.45) is 5.84 Å². The lowest BCUT2D eigenvalue weighted by Gasteiger charge is -2.35. The minimum Gasteiger partial charge on any atom is -0.377 e. The van der Waals surface area contributed by atoms with Gasteiger partial charge in [0.15, 0.2) is 5.82 Å². The summed E-state index contributed by atoms with van der Waals surface area (Å²) in [5.41, 5.74) is 2.51. The maximum atomic E-state index is 5.45. The number of hydrogen-bond donors (Lipinski definition) is 2. The van der Waals surface area contributed by atoms with Gasteiger partial charge in [-0.3, -0.25) is 4.98 Å². The number of morpholine rings is 1. The number of hydrogen-bond acceptors (Lipinski definition) is 6. The van der Waals surface area contributed by atoms with Gasteiger partial charge in [-0.1, -0.05) is 6.92 Å². The van der Waals surface area contributed by atoms with Crippen LogP contribution in [-0.4, -0.2) is 35.8 Å². The lowest BCUT2D eigenvalue weighted by atomic mass is 10.2. The molecule has 16 heavy (non-hydrogen) atoms. The molecule has 1 aliphatic heterocycles. The predicted octanol–water partition coefficient (Wildman–Crippen LogP) is 0.377. The van der Waals surface area contributed by atoms with Crippen LogP contribution in [0, 0.1) is 0 Å². The normalized spacial score (nSPS) is 20.9. The number of nitrogens with two attached hydrogens (primary N) is 1. The molecule has 1 fully saturated rings. The molecule has 0 spiro atoms. The maximum Gasteiger partial charge on any atom is 0.160 e. The Morgan fingerprint density at radius 1 is 1.62 bits per heavy atom. The van der Waals surface area contributed by atoms with Crippen molar-refractivity contribution in [1.82, 2.24) is 9.97 Å². The Kier molecular flexibility index (Phi) is 3.53. The van der Waals surface area contributed by atoms with Crippen molar-refractivity contribution >= 4 is 11.6 Å². The van der Waals surface area contributed by atoms with E-state index in [2.05, 4.69) is 27.2 Å². The van der Waals surface area contributed by atoms with Crippen LogP contribution < -0.4 is 16.2 Å². The highest BCUT2D eigenvalue weighted by molar-refractivity contribution is 5.44. The molecule has 2 rings (SSSR count). The van der Waals surface area contributed by atoms with E-state index in [4.69, 9.17) is 10.6 Å². The zero-order valence-corrected chi connectivity index (χ0v) is 9.39. The summed E-state index contributed by atoms with van der Waals surface area (Å²) >= 11 is 0. The number of aromatic nitrogens is 2. The molecule has 0 aliphatic carbocycles. The van der Waals surface area contributed by atoms with Gasteiger partial charge in [0, 0.05) is 6.54 Å². The first kappa shape index (κ1) is 11.1.